The van der Waals surface area contributed by atoms with Crippen molar-refractivity contribution in [2.24, 2.45) is 5.73 Å². The number of hydrogen-bond acceptors (Lipinski definition) is 4. The van der Waals surface area contributed by atoms with Crippen LogP contribution in [0.4, 0.5) is 5.00 Å². The molecule has 0 aromatic carbocycles. The highest BCUT2D eigenvalue weighted by atomic mass is 32.1. The summed E-state index contributed by atoms with van der Waals surface area (Å²) in [6, 6.07) is 3.35. The van der Waals surface area contributed by atoms with Crippen LogP contribution >= 0.6 is 11.3 Å². The van der Waals surface area contributed by atoms with E-state index in [0.29, 0.717) is 0 Å². The van der Waals surface area contributed by atoms with Gasteiger partial charge in [0, 0.05) is 4.88 Å². The first-order valence-corrected chi connectivity index (χ1v) is 3.77. The third-order valence-corrected chi connectivity index (χ3v) is 2.26. The first-order valence-electron chi connectivity index (χ1n) is 2.95. The van der Waals surface area contributed by atoms with E-state index in [0.717, 1.165) is 9.88 Å². The van der Waals surface area contributed by atoms with E-state index in [4.69, 9.17) is 16.6 Å². The fourth-order valence-electron chi connectivity index (χ4n) is 0.658. The molecule has 4 heteroatoms. The van der Waals surface area contributed by atoms with Crippen molar-refractivity contribution in [3.8, 4) is 0 Å². The zero-order chi connectivity index (χ0) is 7.56. The van der Waals surface area contributed by atoms with Gasteiger partial charge in [-0.25, -0.2) is 0 Å². The van der Waals surface area contributed by atoms with Crippen LogP contribution < -0.4 is 11.5 Å². The molecule has 1 rings (SSSR count). The molecule has 56 valence electrons. The molecule has 1 unspecified atom stereocenters. The lowest BCUT2D eigenvalue weighted by molar-refractivity contribution is 0.269. The minimum absolute atomic E-state index is 0.0278. The van der Waals surface area contributed by atoms with Crippen molar-refractivity contribution in [2.45, 2.75) is 6.04 Å². The average molecular weight is 158 g/mol. The molecule has 1 aromatic heterocycles. The Kier molecular flexibility index (Phi) is 2.26. The van der Waals surface area contributed by atoms with Gasteiger partial charge in [-0.3, -0.25) is 0 Å². The topological polar surface area (TPSA) is 72.3 Å². The molecule has 0 aliphatic rings. The van der Waals surface area contributed by atoms with Crippen LogP contribution in [0.25, 0.3) is 0 Å². The summed E-state index contributed by atoms with van der Waals surface area (Å²) in [7, 11) is 0. The number of hydrogen-bond donors (Lipinski definition) is 3. The third kappa shape index (κ3) is 1.47. The van der Waals surface area contributed by atoms with Gasteiger partial charge in [-0.1, -0.05) is 0 Å². The Labute approximate surface area is 63.3 Å². The fourth-order valence-corrected chi connectivity index (χ4v) is 1.43. The molecule has 0 aliphatic carbocycles. The zero-order valence-electron chi connectivity index (χ0n) is 5.45. The third-order valence-electron chi connectivity index (χ3n) is 1.21. The Morgan fingerprint density at radius 2 is 2.30 bits per heavy atom. The van der Waals surface area contributed by atoms with Gasteiger partial charge < -0.3 is 16.6 Å². The van der Waals surface area contributed by atoms with E-state index in [1.807, 2.05) is 6.07 Å². The lowest BCUT2D eigenvalue weighted by Crippen LogP contribution is -2.12. The van der Waals surface area contributed by atoms with E-state index >= 15 is 0 Å². The van der Waals surface area contributed by atoms with Gasteiger partial charge in [0.2, 0.25) is 0 Å². The number of thiophene rings is 1. The van der Waals surface area contributed by atoms with E-state index in [1.54, 1.807) is 6.07 Å². The number of aliphatic hydroxyl groups is 1. The molecule has 10 heavy (non-hydrogen) atoms. The van der Waals surface area contributed by atoms with Gasteiger partial charge >= 0.3 is 0 Å². The fraction of sp³-hybridized carbons (Fsp3) is 0.333. The first kappa shape index (κ1) is 7.53. The molecule has 0 radical (unpaired) electrons. The molecular weight excluding hydrogens is 148 g/mol. The predicted octanol–water partition coefficient (Wildman–Crippen LogP) is 0.322. The Morgan fingerprint density at radius 3 is 2.70 bits per heavy atom. The predicted molar refractivity (Wildman–Crippen MR) is 42.7 cm³/mol. The Bertz CT molecular complexity index is 211. The van der Waals surface area contributed by atoms with Crippen LogP contribution in [0.15, 0.2) is 12.1 Å². The lowest BCUT2D eigenvalue weighted by atomic mass is 10.3. The Balaban J connectivity index is 2.74. The van der Waals surface area contributed by atoms with Crippen LogP contribution in [-0.4, -0.2) is 11.7 Å². The highest BCUT2D eigenvalue weighted by Crippen LogP contribution is 2.22. The molecule has 0 aliphatic heterocycles. The quantitative estimate of drug-likeness (QED) is 0.580. The van der Waals surface area contributed by atoms with E-state index in [2.05, 4.69) is 0 Å². The summed E-state index contributed by atoms with van der Waals surface area (Å²) in [4.78, 5) is 0.931. The zero-order valence-corrected chi connectivity index (χ0v) is 6.27. The van der Waals surface area contributed by atoms with Crippen molar-refractivity contribution >= 4 is 16.3 Å². The van der Waals surface area contributed by atoms with E-state index in [9.17, 15) is 0 Å². The molecule has 1 atom stereocenters. The SMILES string of the molecule is Nc1ccc(C(N)CO)s1. The highest BCUT2D eigenvalue weighted by molar-refractivity contribution is 7.15. The summed E-state index contributed by atoms with van der Waals surface area (Å²) >= 11 is 1.41. The molecule has 0 fully saturated rings. The maximum absolute atomic E-state index is 8.64. The first-order chi connectivity index (χ1) is 4.74. The van der Waals surface area contributed by atoms with Gasteiger partial charge in [0.25, 0.3) is 0 Å². The maximum Gasteiger partial charge on any atom is 0.0859 e. The van der Waals surface area contributed by atoms with Crippen LogP contribution in [-0.2, 0) is 0 Å². The van der Waals surface area contributed by atoms with Crippen molar-refractivity contribution in [1.29, 1.82) is 0 Å². The lowest BCUT2D eigenvalue weighted by Gasteiger charge is -2.02. The van der Waals surface area contributed by atoms with Crippen LogP contribution in [0, 0.1) is 0 Å². The summed E-state index contributed by atoms with van der Waals surface area (Å²) in [6.45, 7) is -0.0278. The van der Waals surface area contributed by atoms with Crippen LogP contribution in [0.5, 0.6) is 0 Å². The molecule has 1 aromatic rings. The van der Waals surface area contributed by atoms with Crippen LogP contribution in [0.2, 0.25) is 0 Å². The van der Waals surface area contributed by atoms with Crippen molar-refractivity contribution in [3.05, 3.63) is 17.0 Å². The maximum atomic E-state index is 8.64. The van der Waals surface area contributed by atoms with Gasteiger partial charge in [0.15, 0.2) is 0 Å². The summed E-state index contributed by atoms with van der Waals surface area (Å²) in [6.07, 6.45) is 0. The second kappa shape index (κ2) is 3.01. The Hall–Kier alpha value is -0.580. The Morgan fingerprint density at radius 1 is 1.60 bits per heavy atom. The van der Waals surface area contributed by atoms with Crippen LogP contribution in [0.3, 0.4) is 0 Å². The van der Waals surface area contributed by atoms with Gasteiger partial charge in [0.1, 0.15) is 0 Å². The number of rotatable bonds is 2. The van der Waals surface area contributed by atoms with Gasteiger partial charge in [-0.2, -0.15) is 0 Å². The van der Waals surface area contributed by atoms with Crippen molar-refractivity contribution in [3.63, 3.8) is 0 Å². The van der Waals surface area contributed by atoms with Crippen LogP contribution in [0.1, 0.15) is 10.9 Å². The van der Waals surface area contributed by atoms with Gasteiger partial charge in [0.05, 0.1) is 17.6 Å². The molecule has 0 saturated heterocycles. The molecule has 0 amide bonds. The molecule has 1 heterocycles. The number of nitrogen functional groups attached to an aromatic ring is 1. The summed E-state index contributed by atoms with van der Waals surface area (Å²) in [5, 5.41) is 9.37. The smallest absolute Gasteiger partial charge is 0.0859 e. The second-order valence-corrected chi connectivity index (χ2v) is 3.18. The second-order valence-electron chi connectivity index (χ2n) is 2.03. The standard InChI is InChI=1S/C6H10N2OS/c7-4(3-9)5-1-2-6(8)10-5/h1-2,4,9H,3,7-8H2. The molecule has 3 nitrogen and oxygen atoms in total. The summed E-state index contributed by atoms with van der Waals surface area (Å²) in [5.41, 5.74) is 11.0. The monoisotopic (exact) mass is 158 g/mol. The molecule has 0 spiro atoms. The van der Waals surface area contributed by atoms with E-state index in [1.165, 1.54) is 11.3 Å². The van der Waals surface area contributed by atoms with Crippen molar-refractivity contribution in [1.82, 2.24) is 0 Å². The number of nitrogens with two attached hydrogens (primary N) is 2. The normalized spacial score (nSPS) is 13.4. The number of anilines is 1. The largest absolute Gasteiger partial charge is 0.394 e. The van der Waals surface area contributed by atoms with Gasteiger partial charge in [-0.05, 0) is 12.1 Å². The van der Waals surface area contributed by atoms with E-state index < -0.39 is 0 Å². The summed E-state index contributed by atoms with van der Waals surface area (Å²) < 4.78 is 0. The molecule has 5 N–H and O–H groups in total. The van der Waals surface area contributed by atoms with Gasteiger partial charge in [-0.15, -0.1) is 11.3 Å². The van der Waals surface area contributed by atoms with E-state index in [-0.39, 0.29) is 12.6 Å². The van der Waals surface area contributed by atoms with Crippen molar-refractivity contribution in [2.75, 3.05) is 12.3 Å². The van der Waals surface area contributed by atoms with Crippen molar-refractivity contribution < 1.29 is 5.11 Å². The molecular formula is C6H10N2OS. The summed E-state index contributed by atoms with van der Waals surface area (Å²) in [5.74, 6) is 0. The minimum Gasteiger partial charge on any atom is -0.394 e. The average Bonchev–Trinajstić information content (AvgIpc) is 2.34. The molecule has 0 bridgehead atoms. The minimum atomic E-state index is -0.276. The highest BCUT2D eigenvalue weighted by Gasteiger charge is 2.05. The molecule has 0 saturated carbocycles. The number of aliphatic hydroxyl groups excluding tert-OH is 1.